The summed E-state index contributed by atoms with van der Waals surface area (Å²) in [5.74, 6) is 1.17. The number of rotatable bonds is 3. The number of nitrogen functional groups attached to an aromatic ring is 1. The maximum atomic E-state index is 6.18. The van der Waals surface area contributed by atoms with Crippen LogP contribution in [0.4, 0.5) is 5.82 Å². The highest BCUT2D eigenvalue weighted by molar-refractivity contribution is 7.18. The van der Waals surface area contributed by atoms with E-state index in [1.54, 1.807) is 23.6 Å². The van der Waals surface area contributed by atoms with E-state index in [1.807, 2.05) is 18.2 Å². The summed E-state index contributed by atoms with van der Waals surface area (Å²) in [4.78, 5) is 15.4. The second-order valence-corrected chi connectivity index (χ2v) is 7.40. The zero-order chi connectivity index (χ0) is 17.4. The zero-order valence-electron chi connectivity index (χ0n) is 13.5. The zero-order valence-corrected chi connectivity index (χ0v) is 15.1. The number of fused-ring (bicyclic) bond motifs is 1. The number of hydrogen-bond acceptors (Lipinski definition) is 5. The first-order chi connectivity index (χ1) is 12.1. The Hall–Kier alpha value is -2.50. The SMILES string of the molecule is Cc1cccc(-c2nc(N)c3cc(Cc4ccc(Cl)nc4)sc3n2)c1. The maximum Gasteiger partial charge on any atom is 0.163 e. The fourth-order valence-electron chi connectivity index (χ4n) is 2.71. The van der Waals surface area contributed by atoms with Gasteiger partial charge in [-0.1, -0.05) is 41.4 Å². The average molecular weight is 367 g/mol. The second kappa shape index (κ2) is 6.43. The van der Waals surface area contributed by atoms with Gasteiger partial charge in [0.1, 0.15) is 15.8 Å². The van der Waals surface area contributed by atoms with Crippen molar-refractivity contribution in [3.05, 3.63) is 69.8 Å². The largest absolute Gasteiger partial charge is 0.383 e. The summed E-state index contributed by atoms with van der Waals surface area (Å²) in [6, 6.07) is 14.0. The fourth-order valence-corrected chi connectivity index (χ4v) is 3.89. The summed E-state index contributed by atoms with van der Waals surface area (Å²) in [5.41, 5.74) is 9.43. The molecule has 0 fully saturated rings. The highest BCUT2D eigenvalue weighted by Crippen LogP contribution is 2.31. The molecule has 25 heavy (non-hydrogen) atoms. The number of pyridine rings is 1. The number of halogens is 1. The molecule has 3 heterocycles. The molecule has 4 rings (SSSR count). The van der Waals surface area contributed by atoms with Crippen LogP contribution in [0.1, 0.15) is 16.0 Å². The van der Waals surface area contributed by atoms with E-state index in [4.69, 9.17) is 22.3 Å². The number of benzene rings is 1. The first-order valence-corrected chi connectivity index (χ1v) is 9.01. The molecule has 1 aromatic carbocycles. The molecule has 2 N–H and O–H groups in total. The molecule has 124 valence electrons. The van der Waals surface area contributed by atoms with Crippen molar-refractivity contribution in [3.8, 4) is 11.4 Å². The molecule has 4 aromatic rings. The molecular formula is C19H15ClN4S. The number of thiophene rings is 1. The third-order valence-corrected chi connectivity index (χ3v) is 5.17. The molecule has 0 aliphatic heterocycles. The van der Waals surface area contributed by atoms with Gasteiger partial charge in [0.15, 0.2) is 5.82 Å². The van der Waals surface area contributed by atoms with Crippen LogP contribution in [-0.2, 0) is 6.42 Å². The van der Waals surface area contributed by atoms with Crippen molar-refractivity contribution in [2.75, 3.05) is 5.73 Å². The summed E-state index contributed by atoms with van der Waals surface area (Å²) in [7, 11) is 0. The Labute approximate surface area is 154 Å². The molecule has 6 heteroatoms. The highest BCUT2D eigenvalue weighted by atomic mass is 35.5. The lowest BCUT2D eigenvalue weighted by Gasteiger charge is -2.03. The van der Waals surface area contributed by atoms with Gasteiger partial charge < -0.3 is 5.73 Å². The van der Waals surface area contributed by atoms with E-state index in [0.717, 1.165) is 27.8 Å². The minimum atomic E-state index is 0.498. The van der Waals surface area contributed by atoms with Crippen molar-refractivity contribution < 1.29 is 0 Å². The number of aromatic nitrogens is 3. The van der Waals surface area contributed by atoms with Crippen LogP contribution in [0, 0.1) is 6.92 Å². The van der Waals surface area contributed by atoms with E-state index in [9.17, 15) is 0 Å². The summed E-state index contributed by atoms with van der Waals surface area (Å²) < 4.78 is 0. The number of nitrogens with two attached hydrogens (primary N) is 1. The Morgan fingerprint density at radius 2 is 2.00 bits per heavy atom. The van der Waals surface area contributed by atoms with Crippen molar-refractivity contribution in [1.82, 2.24) is 15.0 Å². The Morgan fingerprint density at radius 1 is 1.12 bits per heavy atom. The van der Waals surface area contributed by atoms with Gasteiger partial charge in [0.2, 0.25) is 0 Å². The van der Waals surface area contributed by atoms with Gasteiger partial charge in [0, 0.05) is 23.1 Å². The van der Waals surface area contributed by atoms with Crippen LogP contribution in [0.3, 0.4) is 0 Å². The number of hydrogen-bond donors (Lipinski definition) is 1. The van der Waals surface area contributed by atoms with Gasteiger partial charge in [0.05, 0.1) is 5.39 Å². The predicted molar refractivity (Wildman–Crippen MR) is 104 cm³/mol. The van der Waals surface area contributed by atoms with E-state index in [0.29, 0.717) is 16.8 Å². The van der Waals surface area contributed by atoms with Crippen LogP contribution in [0.5, 0.6) is 0 Å². The Morgan fingerprint density at radius 3 is 2.76 bits per heavy atom. The molecule has 0 saturated heterocycles. The van der Waals surface area contributed by atoms with Crippen LogP contribution in [0.15, 0.2) is 48.7 Å². The molecular weight excluding hydrogens is 352 g/mol. The molecule has 0 bridgehead atoms. The van der Waals surface area contributed by atoms with Gasteiger partial charge in [-0.2, -0.15) is 0 Å². The monoisotopic (exact) mass is 366 g/mol. The van der Waals surface area contributed by atoms with Crippen LogP contribution >= 0.6 is 22.9 Å². The lowest BCUT2D eigenvalue weighted by molar-refractivity contribution is 1.17. The molecule has 4 nitrogen and oxygen atoms in total. The lowest BCUT2D eigenvalue weighted by atomic mass is 10.1. The van der Waals surface area contributed by atoms with Crippen molar-refractivity contribution in [3.63, 3.8) is 0 Å². The van der Waals surface area contributed by atoms with Crippen molar-refractivity contribution in [2.24, 2.45) is 0 Å². The molecule has 0 aliphatic rings. The molecule has 0 aliphatic carbocycles. The molecule has 0 spiro atoms. The standard InChI is InChI=1S/C19H15ClN4S/c1-11-3-2-4-13(7-11)18-23-17(21)15-9-14(25-19(15)24-18)8-12-5-6-16(20)22-10-12/h2-7,9-10H,8H2,1H3,(H2,21,23,24). The normalized spacial score (nSPS) is 11.1. The smallest absolute Gasteiger partial charge is 0.163 e. The van der Waals surface area contributed by atoms with Gasteiger partial charge >= 0.3 is 0 Å². The number of anilines is 1. The summed E-state index contributed by atoms with van der Waals surface area (Å²) >= 11 is 7.47. The van der Waals surface area contributed by atoms with Gasteiger partial charge in [-0.25, -0.2) is 15.0 Å². The van der Waals surface area contributed by atoms with E-state index in [-0.39, 0.29) is 0 Å². The number of aryl methyl sites for hydroxylation is 1. The van der Waals surface area contributed by atoms with Gasteiger partial charge in [-0.3, -0.25) is 0 Å². The third kappa shape index (κ3) is 3.34. The van der Waals surface area contributed by atoms with Crippen LogP contribution in [0.25, 0.3) is 21.6 Å². The van der Waals surface area contributed by atoms with E-state index < -0.39 is 0 Å². The summed E-state index contributed by atoms with van der Waals surface area (Å²) in [6.45, 7) is 2.05. The van der Waals surface area contributed by atoms with Gasteiger partial charge in [-0.05, 0) is 30.7 Å². The first-order valence-electron chi connectivity index (χ1n) is 7.82. The summed E-state index contributed by atoms with van der Waals surface area (Å²) in [6.07, 6.45) is 2.56. The molecule has 0 unspecified atom stereocenters. The van der Waals surface area contributed by atoms with Crippen LogP contribution in [-0.4, -0.2) is 15.0 Å². The Kier molecular flexibility index (Phi) is 4.11. The Balaban J connectivity index is 1.73. The third-order valence-electron chi connectivity index (χ3n) is 3.92. The predicted octanol–water partition coefficient (Wildman–Crippen LogP) is 4.89. The molecule has 0 saturated carbocycles. The fraction of sp³-hybridized carbons (Fsp3) is 0.105. The topological polar surface area (TPSA) is 64.7 Å². The Bertz CT molecular complexity index is 1060. The second-order valence-electron chi connectivity index (χ2n) is 5.90. The van der Waals surface area contributed by atoms with Crippen molar-refractivity contribution in [1.29, 1.82) is 0 Å². The summed E-state index contributed by atoms with van der Waals surface area (Å²) in [5, 5.41) is 1.40. The molecule has 3 aromatic heterocycles. The van der Waals surface area contributed by atoms with Crippen molar-refractivity contribution >= 4 is 39.0 Å². The van der Waals surface area contributed by atoms with E-state index in [1.165, 1.54) is 10.4 Å². The molecule has 0 radical (unpaired) electrons. The minimum absolute atomic E-state index is 0.498. The van der Waals surface area contributed by atoms with E-state index >= 15 is 0 Å². The average Bonchev–Trinajstić information content (AvgIpc) is 3.00. The van der Waals surface area contributed by atoms with Gasteiger partial charge in [-0.15, -0.1) is 11.3 Å². The van der Waals surface area contributed by atoms with E-state index in [2.05, 4.69) is 35.1 Å². The quantitative estimate of drug-likeness (QED) is 0.524. The molecule has 0 amide bonds. The lowest BCUT2D eigenvalue weighted by Crippen LogP contribution is -1.96. The van der Waals surface area contributed by atoms with Crippen LogP contribution in [0.2, 0.25) is 5.15 Å². The van der Waals surface area contributed by atoms with Gasteiger partial charge in [0.25, 0.3) is 0 Å². The van der Waals surface area contributed by atoms with Crippen molar-refractivity contribution in [2.45, 2.75) is 13.3 Å². The van der Waals surface area contributed by atoms with Crippen LogP contribution < -0.4 is 5.73 Å². The minimum Gasteiger partial charge on any atom is -0.383 e. The maximum absolute atomic E-state index is 6.18. The number of nitrogens with zero attached hydrogens (tertiary/aromatic N) is 3. The highest BCUT2D eigenvalue weighted by Gasteiger charge is 2.12. The molecule has 0 atom stereocenters. The first kappa shape index (κ1) is 16.0.